The number of alkyl halides is 1. The number of piperidine rings is 1. The number of halogens is 1. The van der Waals surface area contributed by atoms with Crippen molar-refractivity contribution in [2.24, 2.45) is 5.41 Å². The zero-order valence-corrected chi connectivity index (χ0v) is 13.6. The first-order valence-corrected chi connectivity index (χ1v) is 8.52. The molecule has 0 aliphatic carbocycles. The number of hydrogen-bond donors (Lipinski definition) is 0. The van der Waals surface area contributed by atoms with E-state index >= 15 is 0 Å². The Kier molecular flexibility index (Phi) is 5.16. The summed E-state index contributed by atoms with van der Waals surface area (Å²) in [6.45, 7) is 8.36. The molecular formula is C15H22BrNS. The molecule has 1 nitrogen and oxygen atoms in total. The molecule has 0 saturated carbocycles. The van der Waals surface area contributed by atoms with E-state index in [4.69, 9.17) is 0 Å². The predicted molar refractivity (Wildman–Crippen MR) is 84.7 cm³/mol. The third-order valence-corrected chi connectivity index (χ3v) is 6.29. The predicted octanol–water partition coefficient (Wildman–Crippen LogP) is 4.27. The van der Waals surface area contributed by atoms with Crippen molar-refractivity contribution in [2.45, 2.75) is 30.0 Å². The molecule has 1 aliphatic heterocycles. The summed E-state index contributed by atoms with van der Waals surface area (Å²) in [7, 11) is 0. The van der Waals surface area contributed by atoms with Gasteiger partial charge in [-0.15, -0.1) is 11.8 Å². The van der Waals surface area contributed by atoms with Crippen LogP contribution in [-0.2, 0) is 0 Å². The van der Waals surface area contributed by atoms with Crippen molar-refractivity contribution >= 4 is 27.7 Å². The van der Waals surface area contributed by atoms with Crippen LogP contribution in [0, 0.1) is 5.41 Å². The van der Waals surface area contributed by atoms with E-state index in [-0.39, 0.29) is 0 Å². The Hall–Kier alpha value is 0.01000. The van der Waals surface area contributed by atoms with Gasteiger partial charge in [0, 0.05) is 28.6 Å². The average molecular weight is 328 g/mol. The van der Waals surface area contributed by atoms with Crippen molar-refractivity contribution in [3.63, 3.8) is 0 Å². The van der Waals surface area contributed by atoms with Crippen LogP contribution in [0.5, 0.6) is 0 Å². The fourth-order valence-electron chi connectivity index (χ4n) is 2.44. The van der Waals surface area contributed by atoms with E-state index in [0.717, 1.165) is 0 Å². The molecule has 0 bridgehead atoms. The van der Waals surface area contributed by atoms with Gasteiger partial charge < -0.3 is 4.90 Å². The molecule has 1 atom stereocenters. The largest absolute Gasteiger partial charge is 0.302 e. The molecule has 0 radical (unpaired) electrons. The van der Waals surface area contributed by atoms with E-state index in [1.54, 1.807) is 0 Å². The van der Waals surface area contributed by atoms with Gasteiger partial charge in [0.1, 0.15) is 0 Å². The second kappa shape index (κ2) is 6.44. The number of benzene rings is 1. The second-order valence-corrected chi connectivity index (χ2v) is 7.96. The quantitative estimate of drug-likeness (QED) is 0.600. The van der Waals surface area contributed by atoms with Crippen molar-refractivity contribution < 1.29 is 0 Å². The zero-order valence-electron chi connectivity index (χ0n) is 11.2. The second-order valence-electron chi connectivity index (χ2n) is 5.68. The van der Waals surface area contributed by atoms with Crippen molar-refractivity contribution in [3.8, 4) is 0 Å². The molecule has 3 heteroatoms. The normalized spacial score (nSPS) is 24.1. The Balaban J connectivity index is 1.75. The van der Waals surface area contributed by atoms with Gasteiger partial charge in [0.05, 0.1) is 0 Å². The maximum atomic E-state index is 3.81. The first-order valence-electron chi connectivity index (χ1n) is 6.62. The van der Waals surface area contributed by atoms with Gasteiger partial charge in [-0.1, -0.05) is 48.0 Å². The Morgan fingerprint density at radius 1 is 1.33 bits per heavy atom. The highest BCUT2D eigenvalue weighted by molar-refractivity contribution is 9.09. The monoisotopic (exact) mass is 327 g/mol. The number of hydrogen-bond acceptors (Lipinski definition) is 2. The lowest BCUT2D eigenvalue weighted by Gasteiger charge is -2.41. The standard InChI is InChI=1S/C15H22BrNS/c1-15(2)12-17(9-8-14(15)16)10-11-18-13-6-4-3-5-7-13/h3-7,14H,8-12H2,1-2H3. The molecule has 18 heavy (non-hydrogen) atoms. The summed E-state index contributed by atoms with van der Waals surface area (Å²) in [5.41, 5.74) is 0.398. The summed E-state index contributed by atoms with van der Waals surface area (Å²) in [6.07, 6.45) is 1.27. The fourth-order valence-corrected chi connectivity index (χ4v) is 3.73. The van der Waals surface area contributed by atoms with Crippen LogP contribution in [0.1, 0.15) is 20.3 Å². The molecule has 100 valence electrons. The van der Waals surface area contributed by atoms with Crippen LogP contribution in [0.15, 0.2) is 35.2 Å². The van der Waals surface area contributed by atoms with Gasteiger partial charge in [-0.25, -0.2) is 0 Å². The third kappa shape index (κ3) is 4.01. The molecule has 0 N–H and O–H groups in total. The third-order valence-electron chi connectivity index (χ3n) is 3.60. The van der Waals surface area contributed by atoms with Crippen LogP contribution in [0.4, 0.5) is 0 Å². The first kappa shape index (κ1) is 14.4. The minimum absolute atomic E-state index is 0.398. The van der Waals surface area contributed by atoms with E-state index in [9.17, 15) is 0 Å². The van der Waals surface area contributed by atoms with E-state index in [2.05, 4.69) is 65.0 Å². The molecule has 2 rings (SSSR count). The Labute approximate surface area is 123 Å². The summed E-state index contributed by atoms with van der Waals surface area (Å²) in [6, 6.07) is 10.7. The lowest BCUT2D eigenvalue weighted by atomic mass is 9.84. The van der Waals surface area contributed by atoms with Crippen LogP contribution in [0.25, 0.3) is 0 Å². The minimum Gasteiger partial charge on any atom is -0.302 e. The van der Waals surface area contributed by atoms with Gasteiger partial charge in [0.2, 0.25) is 0 Å². The molecule has 0 aromatic heterocycles. The van der Waals surface area contributed by atoms with E-state index in [0.29, 0.717) is 10.2 Å². The van der Waals surface area contributed by atoms with E-state index in [1.807, 2.05) is 11.8 Å². The lowest BCUT2D eigenvalue weighted by Crippen LogP contribution is -2.46. The lowest BCUT2D eigenvalue weighted by molar-refractivity contribution is 0.134. The van der Waals surface area contributed by atoms with Crippen LogP contribution in [-0.4, -0.2) is 35.1 Å². The molecule has 0 spiro atoms. The fraction of sp³-hybridized carbons (Fsp3) is 0.600. The van der Waals surface area contributed by atoms with Gasteiger partial charge in [-0.2, -0.15) is 0 Å². The van der Waals surface area contributed by atoms with Crippen LogP contribution in [0.3, 0.4) is 0 Å². The zero-order chi connectivity index (χ0) is 13.0. The summed E-state index contributed by atoms with van der Waals surface area (Å²) in [5, 5.41) is 0. The highest BCUT2D eigenvalue weighted by Crippen LogP contribution is 2.34. The molecule has 1 fully saturated rings. The van der Waals surface area contributed by atoms with E-state index in [1.165, 1.54) is 36.7 Å². The van der Waals surface area contributed by atoms with Gasteiger partial charge in [0.25, 0.3) is 0 Å². The molecule has 1 aliphatic rings. The van der Waals surface area contributed by atoms with Gasteiger partial charge in [-0.05, 0) is 30.5 Å². The number of likely N-dealkylation sites (tertiary alicyclic amines) is 1. The maximum Gasteiger partial charge on any atom is 0.0221 e. The summed E-state index contributed by atoms with van der Waals surface area (Å²) in [4.78, 5) is 4.66. The first-order chi connectivity index (χ1) is 8.58. The molecular weight excluding hydrogens is 306 g/mol. The average Bonchev–Trinajstić information content (AvgIpc) is 2.35. The van der Waals surface area contributed by atoms with Gasteiger partial charge >= 0.3 is 0 Å². The highest BCUT2D eigenvalue weighted by atomic mass is 79.9. The number of nitrogens with zero attached hydrogens (tertiary/aromatic N) is 1. The topological polar surface area (TPSA) is 3.24 Å². The smallest absolute Gasteiger partial charge is 0.0221 e. The van der Waals surface area contributed by atoms with Crippen LogP contribution in [0.2, 0.25) is 0 Å². The molecule has 1 aromatic carbocycles. The van der Waals surface area contributed by atoms with E-state index < -0.39 is 0 Å². The van der Waals surface area contributed by atoms with Crippen molar-refractivity contribution in [1.29, 1.82) is 0 Å². The summed E-state index contributed by atoms with van der Waals surface area (Å²) < 4.78 is 0. The van der Waals surface area contributed by atoms with Gasteiger partial charge in [0.15, 0.2) is 0 Å². The van der Waals surface area contributed by atoms with Gasteiger partial charge in [-0.3, -0.25) is 0 Å². The Morgan fingerprint density at radius 2 is 2.06 bits per heavy atom. The number of rotatable bonds is 4. The molecule has 1 saturated heterocycles. The Bertz CT molecular complexity index is 366. The van der Waals surface area contributed by atoms with Crippen LogP contribution < -0.4 is 0 Å². The highest BCUT2D eigenvalue weighted by Gasteiger charge is 2.33. The molecule has 1 heterocycles. The Morgan fingerprint density at radius 3 is 2.72 bits per heavy atom. The van der Waals surface area contributed by atoms with Crippen molar-refractivity contribution in [2.75, 3.05) is 25.4 Å². The summed E-state index contributed by atoms with van der Waals surface area (Å²) in [5.74, 6) is 1.19. The van der Waals surface area contributed by atoms with Crippen LogP contribution >= 0.6 is 27.7 Å². The minimum atomic E-state index is 0.398. The van der Waals surface area contributed by atoms with Crippen molar-refractivity contribution in [1.82, 2.24) is 4.90 Å². The molecule has 1 aromatic rings. The van der Waals surface area contributed by atoms with Crippen molar-refractivity contribution in [3.05, 3.63) is 30.3 Å². The summed E-state index contributed by atoms with van der Waals surface area (Å²) >= 11 is 5.77. The molecule has 1 unspecified atom stereocenters. The SMILES string of the molecule is CC1(C)CN(CCSc2ccccc2)CCC1Br. The number of thioether (sulfide) groups is 1. The molecule has 0 amide bonds. The maximum absolute atomic E-state index is 3.81.